The van der Waals surface area contributed by atoms with Gasteiger partial charge in [-0.15, -0.1) is 34.2 Å². The van der Waals surface area contributed by atoms with E-state index in [1.54, 1.807) is 18.2 Å². The number of morpholine rings is 1. The molecule has 1 fully saturated rings. The molecule has 1 N–H and O–H groups in total. The van der Waals surface area contributed by atoms with Crippen molar-refractivity contribution in [2.24, 2.45) is 12.0 Å². The van der Waals surface area contributed by atoms with Gasteiger partial charge in [-0.25, -0.2) is 9.38 Å². The summed E-state index contributed by atoms with van der Waals surface area (Å²) in [6.07, 6.45) is 1.00. The molecule has 1 saturated heterocycles. The maximum absolute atomic E-state index is 13.8. The predicted molar refractivity (Wildman–Crippen MR) is 137 cm³/mol. The fourth-order valence-electron chi connectivity index (χ4n) is 3.33. The van der Waals surface area contributed by atoms with Crippen molar-refractivity contribution < 1.29 is 13.9 Å². The van der Waals surface area contributed by atoms with E-state index >= 15 is 0 Å². The van der Waals surface area contributed by atoms with E-state index < -0.39 is 0 Å². The van der Waals surface area contributed by atoms with Gasteiger partial charge in [-0.1, -0.05) is 12.1 Å². The molecule has 0 radical (unpaired) electrons. The molecule has 0 unspecified atom stereocenters. The SMILES string of the molecule is Cc1nnc(CN=C(NCCCN2CCOCC2)N(C)CCOc2ccccc2F)n1C.I. The molecule has 0 atom stereocenters. The average Bonchev–Trinajstić information content (AvgIpc) is 3.12. The zero-order valence-corrected chi connectivity index (χ0v) is 22.0. The first-order chi connectivity index (χ1) is 15.5. The number of aliphatic imine (C=N–C) groups is 1. The van der Waals surface area contributed by atoms with E-state index in [2.05, 4.69) is 20.4 Å². The van der Waals surface area contributed by atoms with Crippen LogP contribution in [0.4, 0.5) is 4.39 Å². The van der Waals surface area contributed by atoms with E-state index in [0.29, 0.717) is 19.7 Å². The summed E-state index contributed by atoms with van der Waals surface area (Å²) in [6, 6.07) is 6.43. The summed E-state index contributed by atoms with van der Waals surface area (Å²) in [4.78, 5) is 9.14. The molecule has 11 heteroatoms. The maximum Gasteiger partial charge on any atom is 0.194 e. The van der Waals surface area contributed by atoms with Gasteiger partial charge in [0.1, 0.15) is 19.0 Å². The fraction of sp³-hybridized carbons (Fsp3) is 0.591. The molecule has 1 aromatic heterocycles. The van der Waals surface area contributed by atoms with E-state index in [1.165, 1.54) is 6.07 Å². The van der Waals surface area contributed by atoms with Gasteiger partial charge in [-0.3, -0.25) is 4.90 Å². The lowest BCUT2D eigenvalue weighted by molar-refractivity contribution is 0.0375. The van der Waals surface area contributed by atoms with Gasteiger partial charge in [0, 0.05) is 33.7 Å². The highest BCUT2D eigenvalue weighted by molar-refractivity contribution is 14.0. The summed E-state index contributed by atoms with van der Waals surface area (Å²) in [7, 11) is 3.88. The fourth-order valence-corrected chi connectivity index (χ4v) is 3.33. The van der Waals surface area contributed by atoms with E-state index in [1.807, 2.05) is 30.5 Å². The number of para-hydroxylation sites is 1. The molecule has 0 bridgehead atoms. The van der Waals surface area contributed by atoms with E-state index in [9.17, 15) is 4.39 Å². The Morgan fingerprint density at radius 2 is 2.03 bits per heavy atom. The van der Waals surface area contributed by atoms with Crippen LogP contribution in [0.5, 0.6) is 5.75 Å². The van der Waals surface area contributed by atoms with Crippen LogP contribution in [-0.2, 0) is 18.3 Å². The molecule has 1 aromatic carbocycles. The lowest BCUT2D eigenvalue weighted by Crippen LogP contribution is -2.43. The summed E-state index contributed by atoms with van der Waals surface area (Å²) in [5.41, 5.74) is 0. The molecule has 0 saturated carbocycles. The van der Waals surface area contributed by atoms with Crippen LogP contribution in [0.2, 0.25) is 0 Å². The quantitative estimate of drug-likeness (QED) is 0.201. The first-order valence-electron chi connectivity index (χ1n) is 11.1. The number of halogens is 2. The minimum Gasteiger partial charge on any atom is -0.489 e. The number of aryl methyl sites for hydroxylation is 1. The summed E-state index contributed by atoms with van der Waals surface area (Å²) in [6.45, 7) is 8.64. The topological polar surface area (TPSA) is 80.0 Å². The van der Waals surface area contributed by atoms with Crippen molar-refractivity contribution in [1.29, 1.82) is 0 Å². The number of guanidine groups is 1. The van der Waals surface area contributed by atoms with E-state index in [0.717, 1.165) is 63.4 Å². The number of ether oxygens (including phenoxy) is 2. The van der Waals surface area contributed by atoms with Gasteiger partial charge in [0.05, 0.1) is 19.8 Å². The molecule has 0 spiro atoms. The van der Waals surface area contributed by atoms with Crippen LogP contribution in [0.25, 0.3) is 0 Å². The standard InChI is InChI=1S/C22H34FN7O2.HI/c1-18-26-27-21(29(18)3)17-25-22(24-9-6-10-30-12-14-31-15-13-30)28(2)11-16-32-20-8-5-4-7-19(20)23;/h4-5,7-8H,6,9-17H2,1-3H3,(H,24,25);1H. The summed E-state index contributed by atoms with van der Waals surface area (Å²) in [5, 5.41) is 11.7. The third kappa shape index (κ3) is 8.70. The maximum atomic E-state index is 13.8. The van der Waals surface area contributed by atoms with Crippen LogP contribution >= 0.6 is 24.0 Å². The van der Waals surface area contributed by atoms with Crippen molar-refractivity contribution in [3.8, 4) is 5.75 Å². The van der Waals surface area contributed by atoms with Crippen molar-refractivity contribution in [2.45, 2.75) is 19.9 Å². The number of aromatic nitrogens is 3. The zero-order valence-electron chi connectivity index (χ0n) is 19.7. The Kier molecular flexibility index (Phi) is 11.8. The van der Waals surface area contributed by atoms with E-state index in [-0.39, 0.29) is 35.5 Å². The smallest absolute Gasteiger partial charge is 0.194 e. The van der Waals surface area contributed by atoms with Crippen LogP contribution in [-0.4, -0.2) is 90.1 Å². The molecule has 1 aliphatic rings. The van der Waals surface area contributed by atoms with E-state index in [4.69, 9.17) is 14.5 Å². The second-order valence-corrected chi connectivity index (χ2v) is 7.80. The number of rotatable bonds is 10. The minimum absolute atomic E-state index is 0. The Bertz CT molecular complexity index is 874. The Hall–Kier alpha value is -1.99. The molecule has 0 aliphatic carbocycles. The number of nitrogens with zero attached hydrogens (tertiary/aromatic N) is 6. The first-order valence-corrected chi connectivity index (χ1v) is 11.1. The Morgan fingerprint density at radius 3 is 2.73 bits per heavy atom. The van der Waals surface area contributed by atoms with Crippen molar-refractivity contribution in [3.63, 3.8) is 0 Å². The third-order valence-electron chi connectivity index (χ3n) is 5.47. The molecule has 2 heterocycles. The summed E-state index contributed by atoms with van der Waals surface area (Å²) in [5.74, 6) is 2.30. The van der Waals surface area contributed by atoms with Crippen LogP contribution in [0.3, 0.4) is 0 Å². The van der Waals surface area contributed by atoms with Gasteiger partial charge in [-0.05, 0) is 32.0 Å². The molecular weight excluding hydrogens is 540 g/mol. The molecule has 33 heavy (non-hydrogen) atoms. The lowest BCUT2D eigenvalue weighted by Gasteiger charge is -2.27. The van der Waals surface area contributed by atoms with Gasteiger partial charge >= 0.3 is 0 Å². The highest BCUT2D eigenvalue weighted by Gasteiger charge is 2.12. The molecule has 2 aromatic rings. The van der Waals surface area contributed by atoms with Crippen LogP contribution < -0.4 is 10.1 Å². The molecule has 9 nitrogen and oxygen atoms in total. The van der Waals surface area contributed by atoms with Crippen molar-refractivity contribution in [2.75, 3.05) is 59.6 Å². The van der Waals surface area contributed by atoms with Gasteiger partial charge in [0.25, 0.3) is 0 Å². The minimum atomic E-state index is -0.358. The molecular formula is C22H35FIN7O2. The van der Waals surface area contributed by atoms with Gasteiger partial charge in [0.2, 0.25) is 0 Å². The second-order valence-electron chi connectivity index (χ2n) is 7.80. The Balaban J connectivity index is 0.00000385. The predicted octanol–water partition coefficient (Wildman–Crippen LogP) is 2.06. The Labute approximate surface area is 212 Å². The van der Waals surface area contributed by atoms with Crippen molar-refractivity contribution in [1.82, 2.24) is 29.9 Å². The second kappa shape index (κ2) is 14.3. The highest BCUT2D eigenvalue weighted by atomic mass is 127. The van der Waals surface area contributed by atoms with Crippen molar-refractivity contribution >= 4 is 29.9 Å². The van der Waals surface area contributed by atoms with Gasteiger partial charge < -0.3 is 24.3 Å². The number of hydrogen-bond donors (Lipinski definition) is 1. The summed E-state index contributed by atoms with van der Waals surface area (Å²) >= 11 is 0. The van der Waals surface area contributed by atoms with Gasteiger partial charge in [0.15, 0.2) is 23.4 Å². The molecule has 3 rings (SSSR count). The van der Waals surface area contributed by atoms with Crippen LogP contribution in [0.15, 0.2) is 29.3 Å². The highest BCUT2D eigenvalue weighted by Crippen LogP contribution is 2.15. The van der Waals surface area contributed by atoms with Gasteiger partial charge in [-0.2, -0.15) is 0 Å². The monoisotopic (exact) mass is 575 g/mol. The number of benzene rings is 1. The van der Waals surface area contributed by atoms with Crippen molar-refractivity contribution in [3.05, 3.63) is 41.7 Å². The molecule has 184 valence electrons. The van der Waals surface area contributed by atoms with Crippen LogP contribution in [0, 0.1) is 12.7 Å². The molecule has 1 aliphatic heterocycles. The first kappa shape index (κ1) is 27.3. The number of nitrogens with one attached hydrogen (secondary N) is 1. The summed E-state index contributed by atoms with van der Waals surface area (Å²) < 4.78 is 26.7. The number of likely N-dealkylation sites (N-methyl/N-ethyl adjacent to an activating group) is 1. The zero-order chi connectivity index (χ0) is 22.8. The normalized spacial score (nSPS) is 14.6. The van der Waals surface area contributed by atoms with Crippen LogP contribution in [0.1, 0.15) is 18.1 Å². The average molecular weight is 575 g/mol. The third-order valence-corrected chi connectivity index (χ3v) is 5.47. The molecule has 0 amide bonds. The largest absolute Gasteiger partial charge is 0.489 e. The lowest BCUT2D eigenvalue weighted by atomic mass is 10.3. The Morgan fingerprint density at radius 1 is 1.27 bits per heavy atom. The number of hydrogen-bond acceptors (Lipinski definition) is 6.